The van der Waals surface area contributed by atoms with Gasteiger partial charge in [-0.25, -0.2) is 8.78 Å². The van der Waals surface area contributed by atoms with Gasteiger partial charge in [-0.3, -0.25) is 4.90 Å². The second-order valence-corrected chi connectivity index (χ2v) is 6.01. The summed E-state index contributed by atoms with van der Waals surface area (Å²) in [5, 5.41) is 13.6. The van der Waals surface area contributed by atoms with E-state index in [2.05, 4.69) is 10.2 Å². The minimum absolute atomic E-state index is 0.456. The van der Waals surface area contributed by atoms with Gasteiger partial charge in [-0.2, -0.15) is 0 Å². The van der Waals surface area contributed by atoms with Gasteiger partial charge in [0.1, 0.15) is 11.6 Å². The lowest BCUT2D eigenvalue weighted by Crippen LogP contribution is -2.52. The van der Waals surface area contributed by atoms with Crippen molar-refractivity contribution in [2.75, 3.05) is 50.7 Å². The number of nitrogens with zero attached hydrogens (tertiary/aromatic N) is 2. The van der Waals surface area contributed by atoms with Crippen molar-refractivity contribution >= 4 is 5.69 Å². The third kappa shape index (κ3) is 3.33. The summed E-state index contributed by atoms with van der Waals surface area (Å²) in [4.78, 5) is 4.15. The highest BCUT2D eigenvalue weighted by molar-refractivity contribution is 5.48. The van der Waals surface area contributed by atoms with Gasteiger partial charge in [0.25, 0.3) is 0 Å². The van der Waals surface area contributed by atoms with Crippen LogP contribution in [-0.2, 0) is 0 Å². The number of halogens is 2. The molecule has 0 amide bonds. The molecule has 4 nitrogen and oxygen atoms in total. The molecule has 0 spiro atoms. The van der Waals surface area contributed by atoms with Crippen LogP contribution in [0.4, 0.5) is 14.5 Å². The number of rotatable bonds is 3. The summed E-state index contributed by atoms with van der Waals surface area (Å²) in [6.45, 7) is 5.08. The van der Waals surface area contributed by atoms with Gasteiger partial charge in [0.15, 0.2) is 0 Å². The second kappa shape index (κ2) is 5.87. The molecule has 2 saturated heterocycles. The molecule has 1 unspecified atom stereocenters. The first-order valence-corrected chi connectivity index (χ1v) is 7.41. The first-order valence-electron chi connectivity index (χ1n) is 7.41. The van der Waals surface area contributed by atoms with Crippen molar-refractivity contribution in [3.05, 3.63) is 29.8 Å². The van der Waals surface area contributed by atoms with E-state index in [0.29, 0.717) is 31.9 Å². The lowest BCUT2D eigenvalue weighted by atomic mass is 10.0. The molecule has 0 saturated carbocycles. The molecule has 0 bridgehead atoms. The van der Waals surface area contributed by atoms with Crippen LogP contribution in [0.25, 0.3) is 0 Å². The Morgan fingerprint density at radius 2 is 1.95 bits per heavy atom. The summed E-state index contributed by atoms with van der Waals surface area (Å²) in [7, 11) is 0. The molecular weight excluding hydrogens is 276 g/mol. The zero-order valence-corrected chi connectivity index (χ0v) is 12.0. The fraction of sp³-hybridized carbons (Fsp3) is 0.600. The van der Waals surface area contributed by atoms with Crippen LogP contribution in [0.3, 0.4) is 0 Å². The Morgan fingerprint density at radius 3 is 2.57 bits per heavy atom. The van der Waals surface area contributed by atoms with Crippen LogP contribution in [-0.4, -0.2) is 61.4 Å². The highest BCUT2D eigenvalue weighted by atomic mass is 19.1. The number of anilines is 1. The summed E-state index contributed by atoms with van der Waals surface area (Å²) in [6, 6.07) is 3.71. The number of piperazine rings is 1. The van der Waals surface area contributed by atoms with E-state index in [4.69, 9.17) is 0 Å². The van der Waals surface area contributed by atoms with Crippen molar-refractivity contribution in [3.8, 4) is 0 Å². The number of β-amino-alcohol motifs (C(OH)–C–C–N with tert-alkyl or cyclic N) is 1. The zero-order chi connectivity index (χ0) is 14.9. The lowest BCUT2D eigenvalue weighted by molar-refractivity contribution is 0.0193. The maximum atomic E-state index is 13.8. The van der Waals surface area contributed by atoms with Crippen LogP contribution in [0.15, 0.2) is 18.2 Å². The molecular formula is C15H21F2N3O. The Labute approximate surface area is 123 Å². The fourth-order valence-corrected chi connectivity index (χ4v) is 3.17. The Hall–Kier alpha value is -1.24. The van der Waals surface area contributed by atoms with E-state index < -0.39 is 17.2 Å². The second-order valence-electron chi connectivity index (χ2n) is 6.01. The normalized spacial score (nSPS) is 27.3. The number of aliphatic hydroxyl groups is 1. The standard InChI is InChI=1S/C15H21F2N3O/c16-12-1-2-14(13(17)9-12)20-7-5-19(6-8-20)11-15(21)3-4-18-10-15/h1-2,9,18,21H,3-8,10-11H2. The average molecular weight is 297 g/mol. The van der Waals surface area contributed by atoms with Crippen LogP contribution in [0.5, 0.6) is 0 Å². The van der Waals surface area contributed by atoms with E-state index >= 15 is 0 Å². The van der Waals surface area contributed by atoms with Gasteiger partial charge in [0, 0.05) is 45.3 Å². The first-order chi connectivity index (χ1) is 10.1. The predicted octanol–water partition coefficient (Wildman–Crippen LogP) is 0.811. The van der Waals surface area contributed by atoms with Crippen LogP contribution in [0.1, 0.15) is 6.42 Å². The molecule has 3 rings (SSSR count). The van der Waals surface area contributed by atoms with Crippen molar-refractivity contribution in [2.45, 2.75) is 12.0 Å². The molecule has 0 aliphatic carbocycles. The SMILES string of the molecule is OC1(CN2CCN(c3ccc(F)cc3F)CC2)CCNC1. The summed E-state index contributed by atoms with van der Waals surface area (Å²) < 4.78 is 26.7. The van der Waals surface area contributed by atoms with Gasteiger partial charge in [-0.1, -0.05) is 0 Å². The van der Waals surface area contributed by atoms with E-state index in [-0.39, 0.29) is 0 Å². The molecule has 21 heavy (non-hydrogen) atoms. The maximum absolute atomic E-state index is 13.8. The highest BCUT2D eigenvalue weighted by Gasteiger charge is 2.34. The molecule has 1 aromatic rings. The molecule has 6 heteroatoms. The Morgan fingerprint density at radius 1 is 1.19 bits per heavy atom. The van der Waals surface area contributed by atoms with E-state index in [9.17, 15) is 13.9 Å². The lowest BCUT2D eigenvalue weighted by Gasteiger charge is -2.39. The highest BCUT2D eigenvalue weighted by Crippen LogP contribution is 2.23. The van der Waals surface area contributed by atoms with Crippen molar-refractivity contribution in [2.24, 2.45) is 0 Å². The van der Waals surface area contributed by atoms with Gasteiger partial charge in [0.2, 0.25) is 0 Å². The van der Waals surface area contributed by atoms with Crippen molar-refractivity contribution in [1.82, 2.24) is 10.2 Å². The number of nitrogens with one attached hydrogen (secondary N) is 1. The van der Waals surface area contributed by atoms with Crippen LogP contribution in [0, 0.1) is 11.6 Å². The van der Waals surface area contributed by atoms with E-state index in [1.165, 1.54) is 12.1 Å². The molecule has 1 atom stereocenters. The van der Waals surface area contributed by atoms with Gasteiger partial charge in [0.05, 0.1) is 11.3 Å². The molecule has 2 N–H and O–H groups in total. The predicted molar refractivity (Wildman–Crippen MR) is 77.4 cm³/mol. The summed E-state index contributed by atoms with van der Waals surface area (Å²) in [5.41, 5.74) is -0.180. The van der Waals surface area contributed by atoms with Crippen LogP contribution in [0.2, 0.25) is 0 Å². The minimum atomic E-state index is -0.636. The number of benzene rings is 1. The van der Waals surface area contributed by atoms with Gasteiger partial charge in [-0.05, 0) is 25.1 Å². The Kier molecular flexibility index (Phi) is 4.10. The van der Waals surface area contributed by atoms with Gasteiger partial charge < -0.3 is 15.3 Å². The Balaban J connectivity index is 1.57. The molecule has 2 fully saturated rings. The summed E-state index contributed by atoms with van der Waals surface area (Å²) in [6.07, 6.45) is 0.778. The topological polar surface area (TPSA) is 38.7 Å². The number of hydrogen-bond acceptors (Lipinski definition) is 4. The minimum Gasteiger partial charge on any atom is -0.387 e. The molecule has 0 aromatic heterocycles. The van der Waals surface area contributed by atoms with Crippen molar-refractivity contribution < 1.29 is 13.9 Å². The smallest absolute Gasteiger partial charge is 0.149 e. The quantitative estimate of drug-likeness (QED) is 0.866. The zero-order valence-electron chi connectivity index (χ0n) is 12.0. The third-order valence-corrected chi connectivity index (χ3v) is 4.36. The van der Waals surface area contributed by atoms with E-state index in [1.807, 2.05) is 4.90 Å². The summed E-state index contributed by atoms with van der Waals surface area (Å²) in [5.74, 6) is -1.06. The van der Waals surface area contributed by atoms with Crippen molar-refractivity contribution in [3.63, 3.8) is 0 Å². The molecule has 2 aliphatic rings. The molecule has 1 aromatic carbocycles. The largest absolute Gasteiger partial charge is 0.387 e. The molecule has 2 heterocycles. The molecule has 0 radical (unpaired) electrons. The van der Waals surface area contributed by atoms with Crippen molar-refractivity contribution in [1.29, 1.82) is 0 Å². The van der Waals surface area contributed by atoms with Gasteiger partial charge >= 0.3 is 0 Å². The maximum Gasteiger partial charge on any atom is 0.149 e. The Bertz CT molecular complexity index is 498. The van der Waals surface area contributed by atoms with Crippen LogP contribution >= 0.6 is 0 Å². The third-order valence-electron chi connectivity index (χ3n) is 4.36. The average Bonchev–Trinajstić information content (AvgIpc) is 2.87. The first kappa shape index (κ1) is 14.7. The van der Waals surface area contributed by atoms with Gasteiger partial charge in [-0.15, -0.1) is 0 Å². The molecule has 2 aliphatic heterocycles. The van der Waals surface area contributed by atoms with Crippen LogP contribution < -0.4 is 10.2 Å². The number of hydrogen-bond donors (Lipinski definition) is 2. The summed E-state index contributed by atoms with van der Waals surface area (Å²) >= 11 is 0. The monoisotopic (exact) mass is 297 g/mol. The fourth-order valence-electron chi connectivity index (χ4n) is 3.17. The molecule has 116 valence electrons. The van der Waals surface area contributed by atoms with E-state index in [0.717, 1.165) is 32.1 Å². The van der Waals surface area contributed by atoms with E-state index in [1.54, 1.807) is 0 Å².